The molecule has 2 amide bonds. The maximum Gasteiger partial charge on any atom is 0.344 e. The predicted molar refractivity (Wildman–Crippen MR) is 26.3 cm³/mol. The number of aliphatic hydroxyl groups excluding tert-OH is 1. The molecular weight excluding hydrogens is 112 g/mol. The second-order valence-electron chi connectivity index (χ2n) is 0.981. The van der Waals surface area contributed by atoms with Gasteiger partial charge in [-0.3, -0.25) is 5.32 Å². The van der Waals surface area contributed by atoms with E-state index in [-0.39, 0.29) is 0 Å². The Bertz CT molecular complexity index is 101. The molecule has 0 saturated heterocycles. The smallest absolute Gasteiger partial charge is 0.344 e. The molecule has 0 aromatic carbocycles. The van der Waals surface area contributed by atoms with E-state index in [1.165, 1.54) is 0 Å². The fourth-order valence-corrected chi connectivity index (χ4v) is 0.156. The lowest BCUT2D eigenvalue weighted by Gasteiger charge is -1.99. The van der Waals surface area contributed by atoms with Crippen LogP contribution in [0.1, 0.15) is 0 Å². The molecule has 0 aromatic heterocycles. The Morgan fingerprint density at radius 2 is 2.25 bits per heavy atom. The van der Waals surface area contributed by atoms with E-state index in [1.807, 2.05) is 0 Å². The van der Waals surface area contributed by atoms with Gasteiger partial charge in [0.2, 0.25) is 6.41 Å². The number of rotatable bonds is 1. The van der Waals surface area contributed by atoms with E-state index in [9.17, 15) is 4.79 Å². The molecule has 0 aromatic rings. The summed E-state index contributed by atoms with van der Waals surface area (Å²) in [5, 5.41) is 17.6. The molecule has 0 aliphatic heterocycles. The first-order valence-electron chi connectivity index (χ1n) is 1.80. The zero-order valence-electron chi connectivity index (χ0n) is 4.03. The number of aliphatic hydroxyl groups is 2. The molecule has 0 bridgehead atoms. The molecule has 0 fully saturated rings. The van der Waals surface area contributed by atoms with E-state index in [0.717, 1.165) is 0 Å². The van der Waals surface area contributed by atoms with Crippen LogP contribution in [0.5, 0.6) is 0 Å². The third kappa shape index (κ3) is 3.26. The summed E-state index contributed by atoms with van der Waals surface area (Å²) < 4.78 is 0. The Hall–Kier alpha value is -0.940. The van der Waals surface area contributed by atoms with Crippen LogP contribution in [0.3, 0.4) is 0 Å². The van der Waals surface area contributed by atoms with Crippen molar-refractivity contribution in [2.45, 2.75) is 6.41 Å². The monoisotopic (exact) mass is 118 g/mol. The molecular formula is C3H6N2O3. The van der Waals surface area contributed by atoms with Gasteiger partial charge in [0.05, 0.1) is 0 Å². The minimum absolute atomic E-state index is 0.861. The van der Waals surface area contributed by atoms with Crippen molar-refractivity contribution >= 4 is 12.7 Å². The van der Waals surface area contributed by atoms with Gasteiger partial charge in [0.15, 0.2) is 0 Å². The minimum atomic E-state index is -1.85. The van der Waals surface area contributed by atoms with Crippen molar-refractivity contribution in [3.8, 4) is 0 Å². The molecule has 0 spiro atoms. The van der Waals surface area contributed by atoms with Gasteiger partial charge < -0.3 is 10.2 Å². The molecule has 5 nitrogen and oxygen atoms in total. The first-order valence-corrected chi connectivity index (χ1v) is 1.80. The molecule has 0 atom stereocenters. The van der Waals surface area contributed by atoms with Crippen molar-refractivity contribution in [2.75, 3.05) is 0 Å². The number of aliphatic imine (C=N–C) groups is 1. The number of hydrogen-bond acceptors (Lipinski definition) is 3. The number of nitrogens with zero attached hydrogens (tertiary/aromatic N) is 1. The SMILES string of the molecule is C=NC(=O)NC(O)O. The first kappa shape index (κ1) is 7.06. The van der Waals surface area contributed by atoms with Crippen LogP contribution in [0.4, 0.5) is 4.79 Å². The maximum absolute atomic E-state index is 9.96. The Balaban J connectivity index is 3.39. The van der Waals surface area contributed by atoms with Crippen LogP contribution in [0, 0.1) is 0 Å². The second-order valence-corrected chi connectivity index (χ2v) is 0.981. The van der Waals surface area contributed by atoms with Crippen LogP contribution in [0.15, 0.2) is 4.99 Å². The molecule has 0 heterocycles. The summed E-state index contributed by atoms with van der Waals surface area (Å²) in [6.45, 7) is 2.83. The highest BCUT2D eigenvalue weighted by Crippen LogP contribution is 1.70. The van der Waals surface area contributed by atoms with E-state index < -0.39 is 12.4 Å². The number of nitrogens with one attached hydrogen (secondary N) is 1. The normalized spacial score (nSPS) is 8.88. The third-order valence-electron chi connectivity index (χ3n) is 0.396. The average Bonchev–Trinajstić information content (AvgIpc) is 1.65. The lowest BCUT2D eigenvalue weighted by Crippen LogP contribution is -2.31. The van der Waals surface area contributed by atoms with Crippen LogP contribution in [-0.2, 0) is 0 Å². The molecule has 5 heteroatoms. The molecule has 0 aliphatic rings. The Kier molecular flexibility index (Phi) is 2.75. The lowest BCUT2D eigenvalue weighted by molar-refractivity contribution is -0.0547. The molecule has 3 N–H and O–H groups in total. The number of amides is 2. The Labute approximate surface area is 45.7 Å². The summed E-state index contributed by atoms with van der Waals surface area (Å²) in [7, 11) is 0. The zero-order valence-corrected chi connectivity index (χ0v) is 4.03. The second kappa shape index (κ2) is 3.11. The average molecular weight is 118 g/mol. The van der Waals surface area contributed by atoms with Crippen molar-refractivity contribution in [1.29, 1.82) is 0 Å². The summed E-state index contributed by atoms with van der Waals surface area (Å²) in [6.07, 6.45) is -1.85. The molecule has 0 unspecified atom stereocenters. The number of urea groups is 1. The molecule has 0 saturated carbocycles. The van der Waals surface area contributed by atoms with Crippen molar-refractivity contribution in [2.24, 2.45) is 4.99 Å². The van der Waals surface area contributed by atoms with E-state index in [1.54, 1.807) is 5.32 Å². The number of hydrogen-bond donors (Lipinski definition) is 3. The molecule has 0 rings (SSSR count). The van der Waals surface area contributed by atoms with Crippen molar-refractivity contribution in [3.63, 3.8) is 0 Å². The van der Waals surface area contributed by atoms with E-state index in [2.05, 4.69) is 11.7 Å². The highest BCUT2D eigenvalue weighted by atomic mass is 16.5. The van der Waals surface area contributed by atoms with Crippen molar-refractivity contribution in [3.05, 3.63) is 0 Å². The van der Waals surface area contributed by atoms with Crippen LogP contribution in [-0.4, -0.2) is 29.4 Å². The molecule has 8 heavy (non-hydrogen) atoms. The summed E-state index contributed by atoms with van der Waals surface area (Å²) in [5.41, 5.74) is 0. The molecule has 46 valence electrons. The highest BCUT2D eigenvalue weighted by molar-refractivity contribution is 5.78. The van der Waals surface area contributed by atoms with Gasteiger partial charge in [0.25, 0.3) is 0 Å². The minimum Gasteiger partial charge on any atom is -0.351 e. The summed E-state index contributed by atoms with van der Waals surface area (Å²) in [4.78, 5) is 12.8. The van der Waals surface area contributed by atoms with Gasteiger partial charge in [0.1, 0.15) is 0 Å². The van der Waals surface area contributed by atoms with Gasteiger partial charge in [-0.1, -0.05) is 0 Å². The molecule has 0 radical (unpaired) electrons. The maximum atomic E-state index is 9.96. The highest BCUT2D eigenvalue weighted by Gasteiger charge is 1.98. The van der Waals surface area contributed by atoms with E-state index >= 15 is 0 Å². The van der Waals surface area contributed by atoms with Gasteiger partial charge >= 0.3 is 6.03 Å². The Morgan fingerprint density at radius 3 is 2.38 bits per heavy atom. The first-order chi connectivity index (χ1) is 3.66. The number of carbonyl (C=O) groups excluding carboxylic acids is 1. The summed E-state index contributed by atoms with van der Waals surface area (Å²) in [6, 6.07) is -0.861. The van der Waals surface area contributed by atoms with E-state index in [0.29, 0.717) is 0 Å². The van der Waals surface area contributed by atoms with Gasteiger partial charge in [-0.2, -0.15) is 0 Å². The lowest BCUT2D eigenvalue weighted by atomic mass is 10.9. The van der Waals surface area contributed by atoms with Crippen LogP contribution < -0.4 is 5.32 Å². The van der Waals surface area contributed by atoms with Crippen LogP contribution in [0.2, 0.25) is 0 Å². The fourth-order valence-electron chi connectivity index (χ4n) is 0.156. The van der Waals surface area contributed by atoms with Crippen molar-refractivity contribution in [1.82, 2.24) is 5.32 Å². The summed E-state index contributed by atoms with van der Waals surface area (Å²) in [5.74, 6) is 0. The van der Waals surface area contributed by atoms with Gasteiger partial charge in [-0.25, -0.2) is 9.79 Å². The van der Waals surface area contributed by atoms with Crippen LogP contribution >= 0.6 is 0 Å². The number of carbonyl (C=O) groups is 1. The molecule has 0 aliphatic carbocycles. The quantitative estimate of drug-likeness (QED) is 0.294. The van der Waals surface area contributed by atoms with Gasteiger partial charge in [-0.15, -0.1) is 0 Å². The fraction of sp³-hybridized carbons (Fsp3) is 0.333. The topological polar surface area (TPSA) is 81.9 Å². The summed E-state index contributed by atoms with van der Waals surface area (Å²) >= 11 is 0. The van der Waals surface area contributed by atoms with Crippen LogP contribution in [0.25, 0.3) is 0 Å². The van der Waals surface area contributed by atoms with Crippen molar-refractivity contribution < 1.29 is 15.0 Å². The van der Waals surface area contributed by atoms with Gasteiger partial charge in [0, 0.05) is 0 Å². The predicted octanol–water partition coefficient (Wildman–Crippen LogP) is -1.34. The third-order valence-corrected chi connectivity index (χ3v) is 0.396. The van der Waals surface area contributed by atoms with E-state index in [4.69, 9.17) is 10.2 Å². The standard InChI is InChI=1S/C3H6N2O3/c1-4-2(6)5-3(7)8/h3,7-8H,1H2,(H,5,6). The largest absolute Gasteiger partial charge is 0.351 e. The zero-order chi connectivity index (χ0) is 6.57. The van der Waals surface area contributed by atoms with Gasteiger partial charge in [-0.05, 0) is 6.72 Å². The Morgan fingerprint density at radius 1 is 1.75 bits per heavy atom.